The molecule has 96 valence electrons. The molecule has 18 heavy (non-hydrogen) atoms. The highest BCUT2D eigenvalue weighted by molar-refractivity contribution is 6.10. The molecular formula is C15H20N2O. The molecule has 3 heteroatoms. The van der Waals surface area contributed by atoms with Gasteiger partial charge in [0.25, 0.3) is 0 Å². The number of nitrogens with zero attached hydrogens (tertiary/aromatic N) is 2. The van der Waals surface area contributed by atoms with Crippen molar-refractivity contribution in [3.63, 3.8) is 0 Å². The molecule has 0 aliphatic carbocycles. The van der Waals surface area contributed by atoms with Crippen LogP contribution >= 0.6 is 0 Å². The summed E-state index contributed by atoms with van der Waals surface area (Å²) >= 11 is 0. The lowest BCUT2D eigenvalue weighted by Gasteiger charge is -2.24. The molecule has 0 saturated heterocycles. The Morgan fingerprint density at radius 1 is 1.28 bits per heavy atom. The Morgan fingerprint density at radius 2 is 2.00 bits per heavy atom. The first-order chi connectivity index (χ1) is 8.41. The molecular weight excluding hydrogens is 224 g/mol. The summed E-state index contributed by atoms with van der Waals surface area (Å²) in [5.41, 5.74) is 3.90. The maximum absolute atomic E-state index is 10.0. The summed E-state index contributed by atoms with van der Waals surface area (Å²) in [7, 11) is 0. The monoisotopic (exact) mass is 244 g/mol. The van der Waals surface area contributed by atoms with E-state index in [4.69, 9.17) is 0 Å². The van der Waals surface area contributed by atoms with Gasteiger partial charge in [-0.3, -0.25) is 9.98 Å². The lowest BCUT2D eigenvalue weighted by atomic mass is 9.82. The van der Waals surface area contributed by atoms with Gasteiger partial charge in [0, 0.05) is 23.9 Å². The van der Waals surface area contributed by atoms with Crippen LogP contribution in [0.3, 0.4) is 0 Å². The SMILES string of the molecule is Cc1c(C2=CCCN=C2)ncc(O)c1C(C)(C)C. The van der Waals surface area contributed by atoms with Crippen LogP contribution in [0.1, 0.15) is 44.0 Å². The van der Waals surface area contributed by atoms with Crippen LogP contribution in [0.4, 0.5) is 0 Å². The highest BCUT2D eigenvalue weighted by Crippen LogP contribution is 2.35. The van der Waals surface area contributed by atoms with Gasteiger partial charge in [0.15, 0.2) is 0 Å². The maximum atomic E-state index is 10.0. The van der Waals surface area contributed by atoms with Crippen molar-refractivity contribution in [3.05, 3.63) is 29.1 Å². The summed E-state index contributed by atoms with van der Waals surface area (Å²) < 4.78 is 0. The van der Waals surface area contributed by atoms with Crippen LogP contribution < -0.4 is 0 Å². The molecule has 1 aliphatic rings. The highest BCUT2D eigenvalue weighted by atomic mass is 16.3. The van der Waals surface area contributed by atoms with Crippen molar-refractivity contribution in [2.24, 2.45) is 4.99 Å². The van der Waals surface area contributed by atoms with E-state index in [1.165, 1.54) is 0 Å². The Hall–Kier alpha value is -1.64. The first-order valence-electron chi connectivity index (χ1n) is 6.30. The second-order valence-corrected chi connectivity index (χ2v) is 5.73. The molecule has 0 aromatic carbocycles. The van der Waals surface area contributed by atoms with Crippen LogP contribution in [0.15, 0.2) is 17.3 Å². The lowest BCUT2D eigenvalue weighted by Crippen LogP contribution is -2.15. The fourth-order valence-electron chi connectivity index (χ4n) is 2.50. The molecule has 1 aliphatic heterocycles. The van der Waals surface area contributed by atoms with Crippen LogP contribution in [0.25, 0.3) is 5.57 Å². The van der Waals surface area contributed by atoms with Crippen molar-refractivity contribution in [1.82, 2.24) is 4.98 Å². The quantitative estimate of drug-likeness (QED) is 0.824. The summed E-state index contributed by atoms with van der Waals surface area (Å²) in [4.78, 5) is 8.66. The minimum absolute atomic E-state index is 0.0990. The summed E-state index contributed by atoms with van der Waals surface area (Å²) in [6, 6.07) is 0. The van der Waals surface area contributed by atoms with Gasteiger partial charge >= 0.3 is 0 Å². The van der Waals surface area contributed by atoms with Gasteiger partial charge in [0.05, 0.1) is 11.9 Å². The van der Waals surface area contributed by atoms with Crippen LogP contribution in [0.2, 0.25) is 0 Å². The minimum atomic E-state index is -0.0990. The molecule has 1 aromatic heterocycles. The van der Waals surface area contributed by atoms with Crippen LogP contribution in [-0.4, -0.2) is 22.8 Å². The average Bonchev–Trinajstić information content (AvgIpc) is 2.28. The van der Waals surface area contributed by atoms with Crippen molar-refractivity contribution in [3.8, 4) is 5.75 Å². The largest absolute Gasteiger partial charge is 0.506 e. The summed E-state index contributed by atoms with van der Waals surface area (Å²) in [6.45, 7) is 9.17. The van der Waals surface area contributed by atoms with E-state index in [9.17, 15) is 5.11 Å². The molecule has 2 rings (SSSR count). The number of aromatic nitrogens is 1. The lowest BCUT2D eigenvalue weighted by molar-refractivity contribution is 0.442. The van der Waals surface area contributed by atoms with Gasteiger partial charge < -0.3 is 5.11 Å². The van der Waals surface area contributed by atoms with Crippen molar-refractivity contribution in [2.75, 3.05) is 6.54 Å². The molecule has 3 nitrogen and oxygen atoms in total. The Morgan fingerprint density at radius 3 is 2.56 bits per heavy atom. The molecule has 0 unspecified atom stereocenters. The number of hydrogen-bond acceptors (Lipinski definition) is 3. The third-order valence-corrected chi connectivity index (χ3v) is 3.18. The first-order valence-corrected chi connectivity index (χ1v) is 6.30. The van der Waals surface area contributed by atoms with Gasteiger partial charge in [-0.05, 0) is 24.3 Å². The predicted octanol–water partition coefficient (Wildman–Crippen LogP) is 3.25. The zero-order chi connectivity index (χ0) is 13.3. The highest BCUT2D eigenvalue weighted by Gasteiger charge is 2.23. The van der Waals surface area contributed by atoms with Crippen molar-refractivity contribution >= 4 is 11.8 Å². The number of hydrogen-bond donors (Lipinski definition) is 1. The molecule has 1 aromatic rings. The molecule has 0 spiro atoms. The number of aliphatic imine (C=N–C) groups is 1. The minimum Gasteiger partial charge on any atom is -0.506 e. The van der Waals surface area contributed by atoms with Gasteiger partial charge in [-0.25, -0.2) is 0 Å². The average molecular weight is 244 g/mol. The van der Waals surface area contributed by atoms with Gasteiger partial charge in [-0.2, -0.15) is 0 Å². The zero-order valence-corrected chi connectivity index (χ0v) is 11.5. The summed E-state index contributed by atoms with van der Waals surface area (Å²) in [5.74, 6) is 0.275. The van der Waals surface area contributed by atoms with E-state index in [2.05, 4.69) is 36.8 Å². The third-order valence-electron chi connectivity index (χ3n) is 3.18. The number of rotatable bonds is 1. The van der Waals surface area contributed by atoms with Gasteiger partial charge in [0.2, 0.25) is 0 Å². The number of allylic oxidation sites excluding steroid dienone is 1. The summed E-state index contributed by atoms with van der Waals surface area (Å²) in [5, 5.41) is 10.0. The van der Waals surface area contributed by atoms with E-state index < -0.39 is 0 Å². The molecule has 0 atom stereocenters. The topological polar surface area (TPSA) is 45.5 Å². The third kappa shape index (κ3) is 2.30. The smallest absolute Gasteiger partial charge is 0.137 e. The van der Waals surface area contributed by atoms with Crippen molar-refractivity contribution in [1.29, 1.82) is 0 Å². The van der Waals surface area contributed by atoms with Gasteiger partial charge in [-0.15, -0.1) is 0 Å². The Bertz CT molecular complexity index is 522. The van der Waals surface area contributed by atoms with Crippen LogP contribution in [0.5, 0.6) is 5.75 Å². The van der Waals surface area contributed by atoms with E-state index in [0.717, 1.165) is 35.4 Å². The van der Waals surface area contributed by atoms with Gasteiger partial charge in [0.1, 0.15) is 5.75 Å². The van der Waals surface area contributed by atoms with E-state index in [1.54, 1.807) is 6.20 Å². The van der Waals surface area contributed by atoms with Crippen molar-refractivity contribution in [2.45, 2.75) is 39.5 Å². The summed E-state index contributed by atoms with van der Waals surface area (Å²) in [6.07, 6.45) is 6.54. The van der Waals surface area contributed by atoms with Crippen molar-refractivity contribution < 1.29 is 5.11 Å². The molecule has 0 bridgehead atoms. The predicted molar refractivity (Wildman–Crippen MR) is 75.3 cm³/mol. The molecule has 2 heterocycles. The Balaban J connectivity index is 2.58. The fraction of sp³-hybridized carbons (Fsp3) is 0.467. The Kier molecular flexibility index (Phi) is 3.24. The van der Waals surface area contributed by atoms with E-state index in [0.29, 0.717) is 0 Å². The normalized spacial score (nSPS) is 15.7. The maximum Gasteiger partial charge on any atom is 0.137 e. The first kappa shape index (κ1) is 12.8. The number of dihydropyridines is 1. The van der Waals surface area contributed by atoms with Crippen LogP contribution in [-0.2, 0) is 5.41 Å². The van der Waals surface area contributed by atoms with Gasteiger partial charge in [-0.1, -0.05) is 26.8 Å². The zero-order valence-electron chi connectivity index (χ0n) is 11.5. The Labute approximate surface area is 108 Å². The number of aromatic hydroxyl groups is 1. The molecule has 0 radical (unpaired) electrons. The van der Waals surface area contributed by atoms with E-state index in [-0.39, 0.29) is 11.2 Å². The molecule has 0 fully saturated rings. The van der Waals surface area contributed by atoms with Crippen LogP contribution in [0, 0.1) is 6.92 Å². The van der Waals surface area contributed by atoms with E-state index in [1.807, 2.05) is 13.1 Å². The molecule has 0 amide bonds. The second kappa shape index (κ2) is 4.56. The molecule has 1 N–H and O–H groups in total. The number of pyridine rings is 1. The van der Waals surface area contributed by atoms with E-state index >= 15 is 0 Å². The molecule has 0 saturated carbocycles. The standard InChI is InChI=1S/C15H20N2O/c1-10-13(15(2,3)4)12(18)9-17-14(10)11-6-5-7-16-8-11/h6,8-9,18H,5,7H2,1-4H3. The fourth-order valence-corrected chi connectivity index (χ4v) is 2.50. The second-order valence-electron chi connectivity index (χ2n) is 5.73.